The SMILES string of the molecule is CCn1c(=O)n(C)c(=O)n1-c1ccccc1C. The van der Waals surface area contributed by atoms with Crippen LogP contribution in [-0.2, 0) is 13.6 Å². The summed E-state index contributed by atoms with van der Waals surface area (Å²) in [5.74, 6) is 0. The molecule has 5 nitrogen and oxygen atoms in total. The van der Waals surface area contributed by atoms with Crippen molar-refractivity contribution in [3.8, 4) is 5.69 Å². The number of rotatable bonds is 2. The molecule has 5 heteroatoms. The third kappa shape index (κ3) is 1.63. The van der Waals surface area contributed by atoms with E-state index >= 15 is 0 Å². The molecule has 1 heterocycles. The molecule has 90 valence electrons. The predicted octanol–water partition coefficient (Wildman–Crippen LogP) is 0.666. The van der Waals surface area contributed by atoms with Gasteiger partial charge in [-0.15, -0.1) is 0 Å². The molecule has 0 atom stereocenters. The summed E-state index contributed by atoms with van der Waals surface area (Å²) in [6, 6.07) is 7.51. The number of benzene rings is 1. The Balaban J connectivity index is 2.86. The Morgan fingerprint density at radius 3 is 2.35 bits per heavy atom. The van der Waals surface area contributed by atoms with Gasteiger partial charge in [-0.25, -0.2) is 18.8 Å². The fraction of sp³-hybridized carbons (Fsp3) is 0.333. The number of hydrogen-bond donors (Lipinski definition) is 0. The largest absolute Gasteiger partial charge is 0.351 e. The van der Waals surface area contributed by atoms with Gasteiger partial charge in [-0.3, -0.25) is 0 Å². The minimum Gasteiger partial charge on any atom is -0.246 e. The number of aryl methyl sites for hydroxylation is 1. The average molecular weight is 233 g/mol. The van der Waals surface area contributed by atoms with Crippen LogP contribution in [-0.4, -0.2) is 13.9 Å². The maximum Gasteiger partial charge on any atom is 0.351 e. The van der Waals surface area contributed by atoms with Gasteiger partial charge in [0.15, 0.2) is 0 Å². The van der Waals surface area contributed by atoms with Gasteiger partial charge in [0.2, 0.25) is 0 Å². The lowest BCUT2D eigenvalue weighted by Crippen LogP contribution is -2.25. The molecule has 0 saturated heterocycles. The summed E-state index contributed by atoms with van der Waals surface area (Å²) in [7, 11) is 1.49. The van der Waals surface area contributed by atoms with Gasteiger partial charge in [0.25, 0.3) is 0 Å². The van der Waals surface area contributed by atoms with Crippen molar-refractivity contribution in [3.05, 3.63) is 50.8 Å². The fourth-order valence-corrected chi connectivity index (χ4v) is 1.90. The Labute approximate surface area is 98.5 Å². The van der Waals surface area contributed by atoms with Crippen LogP contribution >= 0.6 is 0 Å². The molecular formula is C12H15N3O2. The van der Waals surface area contributed by atoms with Crippen molar-refractivity contribution in [2.24, 2.45) is 7.05 Å². The van der Waals surface area contributed by atoms with Gasteiger partial charge in [0.05, 0.1) is 5.69 Å². The Kier molecular flexibility index (Phi) is 2.75. The van der Waals surface area contributed by atoms with Crippen molar-refractivity contribution in [2.75, 3.05) is 0 Å². The third-order valence-electron chi connectivity index (χ3n) is 2.86. The zero-order chi connectivity index (χ0) is 12.6. The molecule has 0 spiro atoms. The smallest absolute Gasteiger partial charge is 0.246 e. The number of para-hydroxylation sites is 1. The second kappa shape index (κ2) is 4.08. The molecule has 0 aliphatic rings. The lowest BCUT2D eigenvalue weighted by Gasteiger charge is -2.09. The number of aromatic nitrogens is 3. The van der Waals surface area contributed by atoms with Gasteiger partial charge in [-0.1, -0.05) is 18.2 Å². The van der Waals surface area contributed by atoms with E-state index in [0.717, 1.165) is 15.8 Å². The normalized spacial score (nSPS) is 10.8. The van der Waals surface area contributed by atoms with Crippen molar-refractivity contribution < 1.29 is 0 Å². The molecule has 1 aromatic carbocycles. The first kappa shape index (κ1) is 11.4. The average Bonchev–Trinajstić information content (AvgIpc) is 2.54. The highest BCUT2D eigenvalue weighted by molar-refractivity contribution is 5.38. The molecule has 0 bridgehead atoms. The molecule has 0 fully saturated rings. The lowest BCUT2D eigenvalue weighted by molar-refractivity contribution is 0.554. The van der Waals surface area contributed by atoms with Crippen LogP contribution in [0.1, 0.15) is 12.5 Å². The van der Waals surface area contributed by atoms with Crippen LogP contribution in [0.25, 0.3) is 5.69 Å². The summed E-state index contributed by atoms with van der Waals surface area (Å²) in [6.07, 6.45) is 0. The van der Waals surface area contributed by atoms with E-state index in [1.807, 2.05) is 38.1 Å². The fourth-order valence-electron chi connectivity index (χ4n) is 1.90. The van der Waals surface area contributed by atoms with E-state index in [0.29, 0.717) is 6.54 Å². The van der Waals surface area contributed by atoms with Crippen LogP contribution < -0.4 is 11.4 Å². The summed E-state index contributed by atoms with van der Waals surface area (Å²) >= 11 is 0. The van der Waals surface area contributed by atoms with E-state index in [-0.39, 0.29) is 11.4 Å². The first-order valence-electron chi connectivity index (χ1n) is 5.52. The second-order valence-corrected chi connectivity index (χ2v) is 3.94. The molecule has 1 aromatic heterocycles. The van der Waals surface area contributed by atoms with E-state index in [9.17, 15) is 9.59 Å². The van der Waals surface area contributed by atoms with Crippen molar-refractivity contribution in [1.29, 1.82) is 0 Å². The minimum atomic E-state index is -0.314. The van der Waals surface area contributed by atoms with Crippen LogP contribution in [0.15, 0.2) is 33.9 Å². The van der Waals surface area contributed by atoms with Crippen LogP contribution in [0, 0.1) is 6.92 Å². The van der Waals surface area contributed by atoms with Crippen LogP contribution in [0.5, 0.6) is 0 Å². The number of nitrogens with zero attached hydrogens (tertiary/aromatic N) is 3. The van der Waals surface area contributed by atoms with Crippen LogP contribution in [0.3, 0.4) is 0 Å². The molecule has 2 rings (SSSR count). The molecule has 0 unspecified atom stereocenters. The molecule has 0 aliphatic carbocycles. The summed E-state index contributed by atoms with van der Waals surface area (Å²) in [5.41, 5.74) is 1.10. The maximum atomic E-state index is 12.0. The zero-order valence-corrected chi connectivity index (χ0v) is 10.2. The highest BCUT2D eigenvalue weighted by atomic mass is 16.2. The van der Waals surface area contributed by atoms with Gasteiger partial charge in [0.1, 0.15) is 0 Å². The van der Waals surface area contributed by atoms with Gasteiger partial charge < -0.3 is 0 Å². The highest BCUT2D eigenvalue weighted by Crippen LogP contribution is 2.10. The van der Waals surface area contributed by atoms with E-state index in [1.165, 1.54) is 16.4 Å². The Hall–Kier alpha value is -2.04. The Morgan fingerprint density at radius 1 is 1.12 bits per heavy atom. The third-order valence-corrected chi connectivity index (χ3v) is 2.86. The van der Waals surface area contributed by atoms with E-state index in [4.69, 9.17) is 0 Å². The molecular weight excluding hydrogens is 218 g/mol. The molecule has 0 radical (unpaired) electrons. The molecule has 0 aliphatic heterocycles. The van der Waals surface area contributed by atoms with Gasteiger partial charge in [-0.2, -0.15) is 4.68 Å². The monoisotopic (exact) mass is 233 g/mol. The van der Waals surface area contributed by atoms with E-state index < -0.39 is 0 Å². The van der Waals surface area contributed by atoms with Crippen LogP contribution in [0.4, 0.5) is 0 Å². The van der Waals surface area contributed by atoms with Crippen molar-refractivity contribution in [1.82, 2.24) is 13.9 Å². The van der Waals surface area contributed by atoms with Crippen molar-refractivity contribution >= 4 is 0 Å². The number of hydrogen-bond acceptors (Lipinski definition) is 2. The van der Waals surface area contributed by atoms with Gasteiger partial charge in [-0.05, 0) is 25.5 Å². The zero-order valence-electron chi connectivity index (χ0n) is 10.2. The minimum absolute atomic E-state index is 0.291. The van der Waals surface area contributed by atoms with Gasteiger partial charge >= 0.3 is 11.4 Å². The van der Waals surface area contributed by atoms with Crippen molar-refractivity contribution in [2.45, 2.75) is 20.4 Å². The lowest BCUT2D eigenvalue weighted by atomic mass is 10.2. The van der Waals surface area contributed by atoms with Crippen LogP contribution in [0.2, 0.25) is 0 Å². The van der Waals surface area contributed by atoms with Gasteiger partial charge in [0, 0.05) is 13.6 Å². The Morgan fingerprint density at radius 2 is 1.76 bits per heavy atom. The molecule has 0 amide bonds. The summed E-state index contributed by atoms with van der Waals surface area (Å²) in [4.78, 5) is 23.9. The topological polar surface area (TPSA) is 48.9 Å². The summed E-state index contributed by atoms with van der Waals surface area (Å²) in [5, 5.41) is 0. The first-order valence-corrected chi connectivity index (χ1v) is 5.52. The molecule has 17 heavy (non-hydrogen) atoms. The Bertz CT molecular complexity index is 661. The quantitative estimate of drug-likeness (QED) is 0.765. The van der Waals surface area contributed by atoms with Crippen molar-refractivity contribution in [3.63, 3.8) is 0 Å². The second-order valence-electron chi connectivity index (χ2n) is 3.94. The summed E-state index contributed by atoms with van der Waals surface area (Å²) < 4.78 is 3.98. The van der Waals surface area contributed by atoms with E-state index in [2.05, 4.69) is 0 Å². The van der Waals surface area contributed by atoms with E-state index in [1.54, 1.807) is 0 Å². The molecule has 0 saturated carbocycles. The molecule has 0 N–H and O–H groups in total. The predicted molar refractivity (Wildman–Crippen MR) is 65.7 cm³/mol. The molecule has 2 aromatic rings. The first-order chi connectivity index (χ1) is 8.07. The maximum absolute atomic E-state index is 12.0. The standard InChI is InChI=1S/C12H15N3O2/c1-4-14-11(16)13(3)12(17)15(14)10-8-6-5-7-9(10)2/h5-8H,4H2,1-3H3. The highest BCUT2D eigenvalue weighted by Gasteiger charge is 2.14. The summed E-state index contributed by atoms with van der Waals surface area (Å²) in [6.45, 7) is 4.22.